The fraction of sp³-hybridized carbons (Fsp3) is 0.316. The molecule has 0 saturated carbocycles. The lowest BCUT2D eigenvalue weighted by molar-refractivity contribution is 0.0667. The summed E-state index contributed by atoms with van der Waals surface area (Å²) in [4.78, 5) is 26.7. The molecule has 1 saturated heterocycles. The standard InChI is InChI=1S/C19H17F2N5O2/c20-14-4-3-13(9-15(14)21)19(27)26-7-1-2-12(11-26)8-17-24-18(25-28-17)16-10-22-5-6-23-16/h3-6,9-10,12H,1-2,7-8,11H2. The van der Waals surface area contributed by atoms with Gasteiger partial charge in [-0.25, -0.2) is 13.8 Å². The number of carbonyl (C=O) groups is 1. The molecule has 0 bridgehead atoms. The van der Waals surface area contributed by atoms with Crippen LogP contribution in [0.25, 0.3) is 11.5 Å². The summed E-state index contributed by atoms with van der Waals surface area (Å²) >= 11 is 0. The van der Waals surface area contributed by atoms with Crippen LogP contribution in [0.4, 0.5) is 8.78 Å². The van der Waals surface area contributed by atoms with Crippen LogP contribution in [0.5, 0.6) is 0 Å². The third-order valence-electron chi connectivity index (χ3n) is 4.70. The van der Waals surface area contributed by atoms with Crippen LogP contribution in [0.15, 0.2) is 41.3 Å². The molecular formula is C19H17F2N5O2. The van der Waals surface area contributed by atoms with Crippen molar-refractivity contribution in [2.75, 3.05) is 13.1 Å². The summed E-state index contributed by atoms with van der Waals surface area (Å²) in [7, 11) is 0. The predicted molar refractivity (Wildman–Crippen MR) is 94.0 cm³/mol. The third-order valence-corrected chi connectivity index (χ3v) is 4.70. The van der Waals surface area contributed by atoms with Crippen molar-refractivity contribution < 1.29 is 18.1 Å². The molecule has 144 valence electrons. The summed E-state index contributed by atoms with van der Waals surface area (Å²) in [6.07, 6.45) is 6.90. The molecule has 1 aliphatic heterocycles. The topological polar surface area (TPSA) is 85.0 Å². The largest absolute Gasteiger partial charge is 0.339 e. The van der Waals surface area contributed by atoms with Gasteiger partial charge in [0.25, 0.3) is 5.91 Å². The summed E-state index contributed by atoms with van der Waals surface area (Å²) in [5, 5.41) is 3.93. The van der Waals surface area contributed by atoms with Gasteiger partial charge in [0.1, 0.15) is 5.69 Å². The zero-order valence-corrected chi connectivity index (χ0v) is 14.9. The highest BCUT2D eigenvalue weighted by atomic mass is 19.2. The highest BCUT2D eigenvalue weighted by Crippen LogP contribution is 2.23. The van der Waals surface area contributed by atoms with Gasteiger partial charge < -0.3 is 9.42 Å². The second-order valence-corrected chi connectivity index (χ2v) is 6.69. The first-order chi connectivity index (χ1) is 13.6. The summed E-state index contributed by atoms with van der Waals surface area (Å²) in [5.41, 5.74) is 0.665. The van der Waals surface area contributed by atoms with Gasteiger partial charge in [0.05, 0.1) is 6.20 Å². The Hall–Kier alpha value is -3.23. The van der Waals surface area contributed by atoms with Gasteiger partial charge in [-0.05, 0) is 37.0 Å². The van der Waals surface area contributed by atoms with Gasteiger partial charge >= 0.3 is 0 Å². The molecule has 0 aliphatic carbocycles. The minimum absolute atomic E-state index is 0.137. The Balaban J connectivity index is 1.42. The van der Waals surface area contributed by atoms with Crippen molar-refractivity contribution in [1.82, 2.24) is 25.0 Å². The molecule has 1 aliphatic rings. The first-order valence-electron chi connectivity index (χ1n) is 8.93. The van der Waals surface area contributed by atoms with Gasteiger partial charge in [-0.2, -0.15) is 4.98 Å². The van der Waals surface area contributed by atoms with Crippen LogP contribution in [0, 0.1) is 17.6 Å². The third kappa shape index (κ3) is 3.88. The maximum Gasteiger partial charge on any atom is 0.253 e. The molecule has 28 heavy (non-hydrogen) atoms. The Morgan fingerprint density at radius 3 is 2.93 bits per heavy atom. The van der Waals surface area contributed by atoms with Gasteiger partial charge in [-0.15, -0.1) is 0 Å². The average molecular weight is 385 g/mol. The second kappa shape index (κ2) is 7.79. The zero-order chi connectivity index (χ0) is 19.5. The van der Waals surface area contributed by atoms with Gasteiger partial charge in [0.2, 0.25) is 11.7 Å². The van der Waals surface area contributed by atoms with E-state index >= 15 is 0 Å². The molecule has 7 nitrogen and oxygen atoms in total. The van der Waals surface area contributed by atoms with E-state index in [4.69, 9.17) is 4.52 Å². The summed E-state index contributed by atoms with van der Waals surface area (Å²) < 4.78 is 31.8. The quantitative estimate of drug-likeness (QED) is 0.687. The number of piperidine rings is 1. The number of amides is 1. The smallest absolute Gasteiger partial charge is 0.253 e. The van der Waals surface area contributed by atoms with Crippen molar-refractivity contribution in [2.45, 2.75) is 19.3 Å². The lowest BCUT2D eigenvalue weighted by Crippen LogP contribution is -2.40. The molecule has 3 aromatic rings. The van der Waals surface area contributed by atoms with Gasteiger partial charge in [0, 0.05) is 37.5 Å². The van der Waals surface area contributed by atoms with Crippen molar-refractivity contribution in [3.63, 3.8) is 0 Å². The van der Waals surface area contributed by atoms with Crippen molar-refractivity contribution in [3.05, 3.63) is 59.9 Å². The van der Waals surface area contributed by atoms with E-state index in [1.807, 2.05) is 0 Å². The molecule has 1 aromatic carbocycles. The molecule has 1 fully saturated rings. The van der Waals surface area contributed by atoms with Crippen molar-refractivity contribution in [3.8, 4) is 11.5 Å². The molecule has 9 heteroatoms. The minimum atomic E-state index is -1.03. The highest BCUT2D eigenvalue weighted by molar-refractivity contribution is 5.94. The number of benzene rings is 1. The highest BCUT2D eigenvalue weighted by Gasteiger charge is 2.26. The second-order valence-electron chi connectivity index (χ2n) is 6.69. The van der Waals surface area contributed by atoms with Crippen molar-refractivity contribution in [1.29, 1.82) is 0 Å². The van der Waals surface area contributed by atoms with Gasteiger partial charge in [0.15, 0.2) is 11.6 Å². The number of hydrogen-bond acceptors (Lipinski definition) is 6. The summed E-state index contributed by atoms with van der Waals surface area (Å²) in [6, 6.07) is 3.21. The van der Waals surface area contributed by atoms with Crippen LogP contribution in [-0.2, 0) is 6.42 Å². The van der Waals surface area contributed by atoms with E-state index in [-0.39, 0.29) is 17.4 Å². The Labute approximate surface area is 159 Å². The molecular weight excluding hydrogens is 368 g/mol. The first-order valence-corrected chi connectivity index (χ1v) is 8.93. The molecule has 1 amide bonds. The fourth-order valence-corrected chi connectivity index (χ4v) is 3.33. The number of hydrogen-bond donors (Lipinski definition) is 0. The lowest BCUT2D eigenvalue weighted by Gasteiger charge is -2.32. The molecule has 2 aromatic heterocycles. The summed E-state index contributed by atoms with van der Waals surface area (Å²) in [6.45, 7) is 1.06. The summed E-state index contributed by atoms with van der Waals surface area (Å²) in [5.74, 6) is -1.33. The number of carbonyl (C=O) groups excluding carboxylic acids is 1. The Morgan fingerprint density at radius 2 is 2.14 bits per heavy atom. The van der Waals surface area contributed by atoms with Crippen LogP contribution < -0.4 is 0 Å². The van der Waals surface area contributed by atoms with Crippen LogP contribution >= 0.6 is 0 Å². The number of halogens is 2. The monoisotopic (exact) mass is 385 g/mol. The van der Waals surface area contributed by atoms with Crippen LogP contribution in [-0.4, -0.2) is 44.0 Å². The maximum absolute atomic E-state index is 13.4. The van der Waals surface area contributed by atoms with Crippen molar-refractivity contribution >= 4 is 5.91 Å². The molecule has 1 unspecified atom stereocenters. The number of nitrogens with zero attached hydrogens (tertiary/aromatic N) is 5. The van der Waals surface area contributed by atoms with E-state index in [2.05, 4.69) is 20.1 Å². The SMILES string of the molecule is O=C(c1ccc(F)c(F)c1)N1CCCC(Cc2nc(-c3cnccn3)no2)C1. The van der Waals surface area contributed by atoms with Crippen LogP contribution in [0.2, 0.25) is 0 Å². The van der Waals surface area contributed by atoms with E-state index in [1.54, 1.807) is 23.5 Å². The first kappa shape index (κ1) is 18.1. The number of rotatable bonds is 4. The van der Waals surface area contributed by atoms with E-state index in [0.29, 0.717) is 36.9 Å². The van der Waals surface area contributed by atoms with Gasteiger partial charge in [-0.3, -0.25) is 9.78 Å². The van der Waals surface area contributed by atoms with E-state index in [0.717, 1.165) is 25.0 Å². The Morgan fingerprint density at radius 1 is 1.25 bits per heavy atom. The van der Waals surface area contributed by atoms with E-state index in [1.165, 1.54) is 6.07 Å². The molecule has 1 atom stereocenters. The van der Waals surface area contributed by atoms with Crippen LogP contribution in [0.1, 0.15) is 29.1 Å². The molecule has 4 rings (SSSR count). The average Bonchev–Trinajstić information content (AvgIpc) is 3.19. The van der Waals surface area contributed by atoms with E-state index < -0.39 is 11.6 Å². The maximum atomic E-state index is 13.4. The minimum Gasteiger partial charge on any atom is -0.339 e. The normalized spacial score (nSPS) is 16.9. The molecule has 0 N–H and O–H groups in total. The molecule has 0 radical (unpaired) electrons. The van der Waals surface area contributed by atoms with E-state index in [9.17, 15) is 13.6 Å². The lowest BCUT2D eigenvalue weighted by atomic mass is 9.94. The molecule has 3 heterocycles. The van der Waals surface area contributed by atoms with Crippen molar-refractivity contribution in [2.24, 2.45) is 5.92 Å². The number of aromatic nitrogens is 4. The predicted octanol–water partition coefficient (Wildman–Crippen LogP) is 2.90. The fourth-order valence-electron chi connectivity index (χ4n) is 3.33. The molecule has 0 spiro atoms. The van der Waals surface area contributed by atoms with Crippen LogP contribution in [0.3, 0.4) is 0 Å². The Kier molecular flexibility index (Phi) is 5.05. The number of likely N-dealkylation sites (tertiary alicyclic amines) is 1. The van der Waals surface area contributed by atoms with Gasteiger partial charge in [-0.1, -0.05) is 5.16 Å². The zero-order valence-electron chi connectivity index (χ0n) is 14.9. The Bertz CT molecular complexity index is 979.